The fourth-order valence-electron chi connectivity index (χ4n) is 3.74. The van der Waals surface area contributed by atoms with Crippen LogP contribution in [0.4, 0.5) is 11.5 Å². The molecule has 29 heavy (non-hydrogen) atoms. The van der Waals surface area contributed by atoms with Gasteiger partial charge in [0.2, 0.25) is 5.91 Å². The quantitative estimate of drug-likeness (QED) is 0.764. The minimum atomic E-state index is -0.567. The molecular weight excluding hydrogens is 370 g/mol. The van der Waals surface area contributed by atoms with Crippen molar-refractivity contribution in [2.24, 2.45) is 0 Å². The molecule has 0 atom stereocenters. The van der Waals surface area contributed by atoms with Crippen molar-refractivity contribution >= 4 is 17.4 Å². The number of H-pyrrole nitrogens is 1. The Balaban J connectivity index is 1.89. The fraction of sp³-hybridized carbons (Fsp3) is 0.476. The Morgan fingerprint density at radius 3 is 2.38 bits per heavy atom. The number of aromatic nitrogens is 2. The number of amides is 1. The van der Waals surface area contributed by atoms with Gasteiger partial charge in [-0.1, -0.05) is 43.2 Å². The van der Waals surface area contributed by atoms with Gasteiger partial charge in [0.1, 0.15) is 11.5 Å². The van der Waals surface area contributed by atoms with Gasteiger partial charge in [0, 0.05) is 19.6 Å². The van der Waals surface area contributed by atoms with E-state index in [9.17, 15) is 14.4 Å². The van der Waals surface area contributed by atoms with Crippen molar-refractivity contribution in [3.8, 4) is 0 Å². The molecule has 3 N–H and O–H groups in total. The van der Waals surface area contributed by atoms with Crippen LogP contribution in [-0.2, 0) is 11.3 Å². The summed E-state index contributed by atoms with van der Waals surface area (Å²) in [4.78, 5) is 43.6. The van der Waals surface area contributed by atoms with Crippen LogP contribution >= 0.6 is 0 Å². The van der Waals surface area contributed by atoms with Gasteiger partial charge in [0.25, 0.3) is 5.56 Å². The number of likely N-dealkylation sites (tertiary alicyclic amines) is 1. The van der Waals surface area contributed by atoms with E-state index in [1.165, 1.54) is 4.57 Å². The Labute approximate surface area is 169 Å². The number of anilines is 2. The topological polar surface area (TPSA) is 104 Å². The Morgan fingerprint density at radius 2 is 1.76 bits per heavy atom. The maximum atomic E-state index is 12.8. The van der Waals surface area contributed by atoms with Crippen LogP contribution in [-0.4, -0.2) is 46.5 Å². The molecular formula is C21H29N5O3. The number of carbonyl (C=O) groups is 1. The molecule has 0 radical (unpaired) electrons. The minimum Gasteiger partial charge on any atom is -0.383 e. The fourth-order valence-corrected chi connectivity index (χ4v) is 3.74. The zero-order valence-electron chi connectivity index (χ0n) is 16.9. The number of likely N-dealkylation sites (N-methyl/N-ethyl adjacent to an activating group) is 1. The lowest BCUT2D eigenvalue weighted by Gasteiger charge is -2.28. The standard InChI is InChI=1S/C21H29N5O3/c1-2-24(15-17(27)25-12-8-3-4-9-13-25)18-19(22)26(21(29)23-20(18)28)14-16-10-6-5-7-11-16/h5-7,10-11H,2-4,8-9,12-15,22H2,1H3,(H,23,28,29). The van der Waals surface area contributed by atoms with Crippen LogP contribution in [0.5, 0.6) is 0 Å². The van der Waals surface area contributed by atoms with Gasteiger partial charge >= 0.3 is 5.69 Å². The lowest BCUT2D eigenvalue weighted by molar-refractivity contribution is -0.129. The minimum absolute atomic E-state index is 0.0200. The Morgan fingerprint density at radius 1 is 1.10 bits per heavy atom. The van der Waals surface area contributed by atoms with E-state index in [-0.39, 0.29) is 30.5 Å². The van der Waals surface area contributed by atoms with Crippen molar-refractivity contribution in [1.29, 1.82) is 0 Å². The van der Waals surface area contributed by atoms with Gasteiger partial charge in [0.15, 0.2) is 0 Å². The molecule has 1 aliphatic rings. The van der Waals surface area contributed by atoms with Crippen molar-refractivity contribution in [2.45, 2.75) is 39.2 Å². The molecule has 1 aliphatic heterocycles. The van der Waals surface area contributed by atoms with Crippen LogP contribution in [0.25, 0.3) is 0 Å². The highest BCUT2D eigenvalue weighted by atomic mass is 16.2. The van der Waals surface area contributed by atoms with Crippen molar-refractivity contribution in [3.05, 3.63) is 56.7 Å². The Hall–Kier alpha value is -3.03. The molecule has 156 valence electrons. The highest BCUT2D eigenvalue weighted by Crippen LogP contribution is 2.18. The van der Waals surface area contributed by atoms with Crippen molar-refractivity contribution in [2.75, 3.05) is 36.8 Å². The van der Waals surface area contributed by atoms with Gasteiger partial charge in [-0.25, -0.2) is 4.79 Å². The first-order valence-electron chi connectivity index (χ1n) is 10.2. The molecule has 1 aromatic carbocycles. The molecule has 2 heterocycles. The molecule has 0 bridgehead atoms. The van der Waals surface area contributed by atoms with E-state index in [0.717, 1.165) is 44.3 Å². The highest BCUT2D eigenvalue weighted by molar-refractivity contribution is 5.82. The van der Waals surface area contributed by atoms with Gasteiger partial charge in [-0.05, 0) is 25.3 Å². The first-order valence-corrected chi connectivity index (χ1v) is 10.2. The van der Waals surface area contributed by atoms with E-state index in [2.05, 4.69) is 4.98 Å². The zero-order chi connectivity index (χ0) is 20.8. The normalized spacial score (nSPS) is 14.4. The number of hydrogen-bond acceptors (Lipinski definition) is 5. The van der Waals surface area contributed by atoms with Crippen LogP contribution < -0.4 is 21.9 Å². The molecule has 1 saturated heterocycles. The van der Waals surface area contributed by atoms with Gasteiger partial charge in [-0.2, -0.15) is 0 Å². The molecule has 0 unspecified atom stereocenters. The van der Waals surface area contributed by atoms with Crippen molar-refractivity contribution in [3.63, 3.8) is 0 Å². The van der Waals surface area contributed by atoms with Crippen LogP contribution in [0.15, 0.2) is 39.9 Å². The summed E-state index contributed by atoms with van der Waals surface area (Å²) in [5, 5.41) is 0. The maximum Gasteiger partial charge on any atom is 0.330 e. The SMILES string of the molecule is CCN(CC(=O)N1CCCCCC1)c1c(N)n(Cc2ccccc2)c(=O)[nH]c1=O. The van der Waals surface area contributed by atoms with E-state index in [4.69, 9.17) is 5.73 Å². The van der Waals surface area contributed by atoms with Crippen molar-refractivity contribution in [1.82, 2.24) is 14.5 Å². The number of benzene rings is 1. The predicted molar refractivity (Wildman–Crippen MR) is 114 cm³/mol. The van der Waals surface area contributed by atoms with Crippen LogP contribution in [0, 0.1) is 0 Å². The number of rotatable bonds is 6. The third-order valence-corrected chi connectivity index (χ3v) is 5.38. The summed E-state index contributed by atoms with van der Waals surface area (Å²) in [5.74, 6) is 0.0569. The lowest BCUT2D eigenvalue weighted by atomic mass is 10.2. The maximum absolute atomic E-state index is 12.8. The van der Waals surface area contributed by atoms with E-state index >= 15 is 0 Å². The first kappa shape index (κ1) is 20.7. The summed E-state index contributed by atoms with van der Waals surface area (Å²) in [7, 11) is 0. The van der Waals surface area contributed by atoms with E-state index in [0.29, 0.717) is 6.54 Å². The summed E-state index contributed by atoms with van der Waals surface area (Å²) in [5.41, 5.74) is 6.20. The lowest BCUT2D eigenvalue weighted by Crippen LogP contribution is -2.44. The smallest absolute Gasteiger partial charge is 0.330 e. The Kier molecular flexibility index (Phi) is 6.74. The van der Waals surface area contributed by atoms with Crippen LogP contribution in [0.3, 0.4) is 0 Å². The first-order chi connectivity index (χ1) is 14.0. The van der Waals surface area contributed by atoms with Gasteiger partial charge in [-0.15, -0.1) is 0 Å². The monoisotopic (exact) mass is 399 g/mol. The molecule has 2 aromatic rings. The summed E-state index contributed by atoms with van der Waals surface area (Å²) in [6.07, 6.45) is 4.28. The number of hydrogen-bond donors (Lipinski definition) is 2. The highest BCUT2D eigenvalue weighted by Gasteiger charge is 2.23. The zero-order valence-corrected chi connectivity index (χ0v) is 16.9. The molecule has 8 nitrogen and oxygen atoms in total. The molecule has 8 heteroatoms. The second-order valence-electron chi connectivity index (χ2n) is 7.37. The number of nitrogens with one attached hydrogen (secondary N) is 1. The molecule has 0 spiro atoms. The summed E-state index contributed by atoms with van der Waals surface area (Å²) < 4.78 is 1.34. The van der Waals surface area contributed by atoms with Gasteiger partial charge in [0.05, 0.1) is 13.1 Å². The molecule has 0 aliphatic carbocycles. The number of carbonyl (C=O) groups excluding carboxylic acids is 1. The van der Waals surface area contributed by atoms with Gasteiger partial charge in [-0.3, -0.25) is 19.1 Å². The van der Waals surface area contributed by atoms with Crippen LogP contribution in [0.2, 0.25) is 0 Å². The molecule has 1 amide bonds. The number of nitrogen functional groups attached to an aromatic ring is 1. The summed E-state index contributed by atoms with van der Waals surface area (Å²) >= 11 is 0. The molecule has 1 fully saturated rings. The predicted octanol–water partition coefficient (Wildman–Crippen LogP) is 1.40. The third-order valence-electron chi connectivity index (χ3n) is 5.38. The average Bonchev–Trinajstić information content (AvgIpc) is 3.00. The average molecular weight is 399 g/mol. The summed E-state index contributed by atoms with van der Waals surface area (Å²) in [6, 6.07) is 9.41. The molecule has 0 saturated carbocycles. The number of aromatic amines is 1. The second kappa shape index (κ2) is 9.45. The molecule has 3 rings (SSSR count). The molecule has 1 aromatic heterocycles. The van der Waals surface area contributed by atoms with E-state index < -0.39 is 11.2 Å². The van der Waals surface area contributed by atoms with E-state index in [1.54, 1.807) is 4.90 Å². The Bertz CT molecular complexity index is 943. The third kappa shape index (κ3) is 4.88. The van der Waals surface area contributed by atoms with Gasteiger partial charge < -0.3 is 15.5 Å². The number of nitrogens with two attached hydrogens (primary N) is 1. The van der Waals surface area contributed by atoms with Crippen molar-refractivity contribution < 1.29 is 4.79 Å². The van der Waals surface area contributed by atoms with Crippen LogP contribution in [0.1, 0.15) is 38.2 Å². The number of nitrogens with zero attached hydrogens (tertiary/aromatic N) is 3. The second-order valence-corrected chi connectivity index (χ2v) is 7.37. The largest absolute Gasteiger partial charge is 0.383 e. The summed E-state index contributed by atoms with van der Waals surface area (Å²) in [6.45, 7) is 4.09. The van der Waals surface area contributed by atoms with E-state index in [1.807, 2.05) is 42.2 Å².